The topological polar surface area (TPSA) is 151 Å². The number of benzene rings is 1. The van der Waals surface area contributed by atoms with Gasteiger partial charge in [0.05, 0.1) is 20.6 Å². The largest absolute Gasteiger partial charge is 0.465 e. The van der Waals surface area contributed by atoms with E-state index in [0.29, 0.717) is 5.56 Å². The van der Waals surface area contributed by atoms with E-state index in [9.17, 15) is 24.0 Å². The molecule has 0 bridgehead atoms. The van der Waals surface area contributed by atoms with Crippen molar-refractivity contribution in [1.82, 2.24) is 5.32 Å². The predicted octanol–water partition coefficient (Wildman–Crippen LogP) is 2.12. The maximum Gasteiger partial charge on any atom is 0.348 e. The van der Waals surface area contributed by atoms with E-state index in [0.717, 1.165) is 18.4 Å². The van der Waals surface area contributed by atoms with Gasteiger partial charge in [-0.1, -0.05) is 30.3 Å². The molecular formula is C22H24N2O8S. The van der Waals surface area contributed by atoms with Crippen molar-refractivity contribution in [2.45, 2.75) is 25.9 Å². The Labute approximate surface area is 194 Å². The van der Waals surface area contributed by atoms with Gasteiger partial charge in [-0.2, -0.15) is 0 Å². The lowest BCUT2D eigenvalue weighted by Gasteiger charge is -2.09. The molecular weight excluding hydrogens is 452 g/mol. The van der Waals surface area contributed by atoms with Crippen molar-refractivity contribution in [2.75, 3.05) is 26.5 Å². The van der Waals surface area contributed by atoms with Gasteiger partial charge < -0.3 is 25.3 Å². The van der Waals surface area contributed by atoms with Crippen LogP contribution in [0.2, 0.25) is 0 Å². The second kappa shape index (κ2) is 12.3. The Hall–Kier alpha value is -3.73. The summed E-state index contributed by atoms with van der Waals surface area (Å²) in [6.07, 6.45) is -0.118. The number of Topliss-reactive ketones (excluding diaryl/α,β-unsaturated/α-hetero) is 1. The fraction of sp³-hybridized carbons (Fsp3) is 0.318. The zero-order valence-corrected chi connectivity index (χ0v) is 19.0. The van der Waals surface area contributed by atoms with Crippen molar-refractivity contribution >= 4 is 45.9 Å². The normalized spacial score (nSPS) is 10.2. The first-order valence-electron chi connectivity index (χ1n) is 9.86. The molecule has 0 saturated heterocycles. The van der Waals surface area contributed by atoms with Gasteiger partial charge in [-0.05, 0) is 0 Å². The maximum absolute atomic E-state index is 12.1. The lowest BCUT2D eigenvalue weighted by molar-refractivity contribution is -0.144. The molecule has 0 unspecified atom stereocenters. The third-order valence-corrected chi connectivity index (χ3v) is 5.54. The van der Waals surface area contributed by atoms with E-state index in [1.807, 2.05) is 0 Å². The Bertz CT molecular complexity index is 1030. The van der Waals surface area contributed by atoms with Crippen LogP contribution >= 0.6 is 11.3 Å². The van der Waals surface area contributed by atoms with E-state index in [1.165, 1.54) is 7.11 Å². The highest BCUT2D eigenvalue weighted by Gasteiger charge is 2.28. The Morgan fingerprint density at radius 1 is 0.939 bits per heavy atom. The van der Waals surface area contributed by atoms with Gasteiger partial charge in [0.2, 0.25) is 5.91 Å². The zero-order chi connectivity index (χ0) is 24.4. The molecule has 0 aliphatic rings. The summed E-state index contributed by atoms with van der Waals surface area (Å²) in [4.78, 5) is 60.0. The first-order chi connectivity index (χ1) is 15.8. The van der Waals surface area contributed by atoms with Crippen LogP contribution in [0.3, 0.4) is 0 Å². The molecule has 0 saturated carbocycles. The second-order valence-electron chi connectivity index (χ2n) is 6.68. The number of carbonyl (C=O) groups is 5. The molecule has 1 heterocycles. The van der Waals surface area contributed by atoms with E-state index in [2.05, 4.69) is 14.8 Å². The van der Waals surface area contributed by atoms with Gasteiger partial charge in [-0.15, -0.1) is 11.3 Å². The number of methoxy groups -OCH3 is 2. The number of nitrogens with two attached hydrogens (primary N) is 1. The zero-order valence-electron chi connectivity index (χ0n) is 18.2. The van der Waals surface area contributed by atoms with Crippen LogP contribution in [0.25, 0.3) is 0 Å². The molecule has 11 heteroatoms. The minimum atomic E-state index is -0.776. The standard InChI is InChI=1S/C22H24N2O8S/c1-30-21(28)18-14(19(22(29)31-2)33-20(18)23)12-32-17(27)10-11-24-16(26)9-8-15(25)13-6-4-3-5-7-13/h3-7H,8-12,23H2,1-2H3,(H,24,26). The molecule has 10 nitrogen and oxygen atoms in total. The Balaban J connectivity index is 1.83. The number of esters is 3. The van der Waals surface area contributed by atoms with Crippen molar-refractivity contribution < 1.29 is 38.2 Å². The minimum absolute atomic E-state index is 0.00329. The molecule has 2 aromatic rings. The Morgan fingerprint density at radius 2 is 1.61 bits per heavy atom. The van der Waals surface area contributed by atoms with E-state index >= 15 is 0 Å². The van der Waals surface area contributed by atoms with Crippen LogP contribution in [-0.4, -0.2) is 50.4 Å². The van der Waals surface area contributed by atoms with Crippen LogP contribution in [0.5, 0.6) is 0 Å². The number of hydrogen-bond donors (Lipinski definition) is 2. The molecule has 1 aromatic heterocycles. The molecule has 0 fully saturated rings. The van der Waals surface area contributed by atoms with Crippen LogP contribution in [0, 0.1) is 0 Å². The molecule has 0 radical (unpaired) electrons. The maximum atomic E-state index is 12.1. The van der Waals surface area contributed by atoms with Crippen LogP contribution < -0.4 is 11.1 Å². The third-order valence-electron chi connectivity index (χ3n) is 4.50. The van der Waals surface area contributed by atoms with Gasteiger partial charge in [-0.3, -0.25) is 14.4 Å². The van der Waals surface area contributed by atoms with Crippen LogP contribution in [0.15, 0.2) is 30.3 Å². The van der Waals surface area contributed by atoms with Crippen molar-refractivity contribution in [3.63, 3.8) is 0 Å². The van der Waals surface area contributed by atoms with Gasteiger partial charge in [0.1, 0.15) is 22.0 Å². The summed E-state index contributed by atoms with van der Waals surface area (Å²) in [6.45, 7) is -0.405. The molecule has 0 spiro atoms. The van der Waals surface area contributed by atoms with Crippen LogP contribution in [-0.2, 0) is 30.4 Å². The SMILES string of the molecule is COC(=O)c1sc(N)c(C(=O)OC)c1COC(=O)CCNC(=O)CCC(=O)c1ccccc1. The first-order valence-corrected chi connectivity index (χ1v) is 10.7. The van der Waals surface area contributed by atoms with Crippen molar-refractivity contribution in [2.24, 2.45) is 0 Å². The molecule has 176 valence electrons. The number of thiophene rings is 1. The average Bonchev–Trinajstić information content (AvgIpc) is 3.16. The highest BCUT2D eigenvalue weighted by atomic mass is 32.1. The molecule has 2 rings (SSSR count). The van der Waals surface area contributed by atoms with Gasteiger partial charge in [0.15, 0.2) is 5.78 Å². The number of amides is 1. The van der Waals surface area contributed by atoms with E-state index < -0.39 is 24.5 Å². The molecule has 1 amide bonds. The number of rotatable bonds is 11. The number of anilines is 1. The highest BCUT2D eigenvalue weighted by Crippen LogP contribution is 2.33. The summed E-state index contributed by atoms with van der Waals surface area (Å²) >= 11 is 0.823. The number of ketones is 1. The van der Waals surface area contributed by atoms with Crippen molar-refractivity contribution in [3.8, 4) is 0 Å². The summed E-state index contributed by atoms with van der Waals surface area (Å²) in [5.74, 6) is -2.71. The first kappa shape index (κ1) is 25.5. The predicted molar refractivity (Wildman–Crippen MR) is 119 cm³/mol. The second-order valence-corrected chi connectivity index (χ2v) is 7.73. The third kappa shape index (κ3) is 7.14. The number of hydrogen-bond acceptors (Lipinski definition) is 10. The van der Waals surface area contributed by atoms with E-state index in [1.54, 1.807) is 30.3 Å². The summed E-state index contributed by atoms with van der Waals surface area (Å²) < 4.78 is 14.5. The van der Waals surface area contributed by atoms with Crippen LogP contribution in [0.4, 0.5) is 5.00 Å². The fourth-order valence-electron chi connectivity index (χ4n) is 2.82. The van der Waals surface area contributed by atoms with Gasteiger partial charge in [0.25, 0.3) is 0 Å². The molecule has 0 atom stereocenters. The molecule has 33 heavy (non-hydrogen) atoms. The number of ether oxygens (including phenoxy) is 3. The number of carbonyl (C=O) groups excluding carboxylic acids is 5. The summed E-state index contributed by atoms with van der Waals surface area (Å²) in [6, 6.07) is 8.63. The molecule has 0 aliphatic carbocycles. The smallest absolute Gasteiger partial charge is 0.348 e. The quantitative estimate of drug-likeness (QED) is 0.282. The summed E-state index contributed by atoms with van der Waals surface area (Å²) in [7, 11) is 2.32. The highest BCUT2D eigenvalue weighted by molar-refractivity contribution is 7.18. The lowest BCUT2D eigenvalue weighted by atomic mass is 10.1. The molecule has 3 N–H and O–H groups in total. The van der Waals surface area contributed by atoms with Crippen LogP contribution in [0.1, 0.15) is 55.2 Å². The molecule has 1 aromatic carbocycles. The average molecular weight is 477 g/mol. The monoisotopic (exact) mass is 476 g/mol. The minimum Gasteiger partial charge on any atom is -0.465 e. The van der Waals surface area contributed by atoms with Crippen molar-refractivity contribution in [1.29, 1.82) is 0 Å². The van der Waals surface area contributed by atoms with Gasteiger partial charge in [-0.25, -0.2) is 9.59 Å². The lowest BCUT2D eigenvalue weighted by Crippen LogP contribution is -2.27. The van der Waals surface area contributed by atoms with E-state index in [-0.39, 0.29) is 58.5 Å². The van der Waals surface area contributed by atoms with E-state index in [4.69, 9.17) is 10.5 Å². The Kier molecular flexibility index (Phi) is 9.55. The fourth-order valence-corrected chi connectivity index (χ4v) is 3.80. The van der Waals surface area contributed by atoms with Crippen molar-refractivity contribution in [3.05, 3.63) is 51.9 Å². The molecule has 0 aliphatic heterocycles. The Morgan fingerprint density at radius 3 is 2.24 bits per heavy atom. The number of nitrogen functional groups attached to an aromatic ring is 1. The van der Waals surface area contributed by atoms with Gasteiger partial charge >= 0.3 is 17.9 Å². The summed E-state index contributed by atoms with van der Waals surface area (Å²) in [5, 5.41) is 2.57. The number of nitrogens with one attached hydrogen (secondary N) is 1. The van der Waals surface area contributed by atoms with Gasteiger partial charge in [0, 0.05) is 30.5 Å². The summed E-state index contributed by atoms with van der Waals surface area (Å²) in [5.41, 5.74) is 6.37.